The molecule has 0 aliphatic heterocycles. The molecule has 0 saturated heterocycles. The molecule has 4 nitrogen and oxygen atoms in total. The van der Waals surface area contributed by atoms with Crippen molar-refractivity contribution in [3.05, 3.63) is 35.0 Å². The number of nitrogens with zero attached hydrogens (tertiary/aromatic N) is 1. The molecule has 1 aromatic heterocycles. The molecule has 2 aromatic rings. The maximum Gasteiger partial charge on any atom is 0.264 e. The summed E-state index contributed by atoms with van der Waals surface area (Å²) in [7, 11) is 1.55. The molecule has 0 saturated carbocycles. The van der Waals surface area contributed by atoms with Crippen molar-refractivity contribution in [3.8, 4) is 0 Å². The van der Waals surface area contributed by atoms with E-state index in [-0.39, 0.29) is 24.9 Å². The fraction of sp³-hybridized carbons (Fsp3) is 0.357. The standard InChI is InChI=1S/C14H16FNO3S/c1-19-8-6-16(5-7-17)14(18)13-9-10-11(15)3-2-4-12(10)20-13/h2-4,9,17H,5-8H2,1H3. The Morgan fingerprint density at radius 1 is 1.45 bits per heavy atom. The van der Waals surface area contributed by atoms with Crippen LogP contribution in [-0.2, 0) is 4.74 Å². The number of halogens is 1. The van der Waals surface area contributed by atoms with Gasteiger partial charge in [0.1, 0.15) is 5.82 Å². The molecular formula is C14H16FNO3S. The first kappa shape index (κ1) is 14.9. The number of methoxy groups -OCH3 is 1. The van der Waals surface area contributed by atoms with Gasteiger partial charge in [0.15, 0.2) is 0 Å². The van der Waals surface area contributed by atoms with Crippen molar-refractivity contribution in [1.29, 1.82) is 0 Å². The maximum absolute atomic E-state index is 13.6. The van der Waals surface area contributed by atoms with Crippen LogP contribution in [0, 0.1) is 5.82 Å². The average Bonchev–Trinajstić information content (AvgIpc) is 2.88. The second-order valence-electron chi connectivity index (χ2n) is 4.27. The van der Waals surface area contributed by atoms with Crippen molar-refractivity contribution in [3.63, 3.8) is 0 Å². The van der Waals surface area contributed by atoms with Gasteiger partial charge in [0.25, 0.3) is 5.91 Å². The van der Waals surface area contributed by atoms with Crippen molar-refractivity contribution in [1.82, 2.24) is 4.90 Å². The first-order chi connectivity index (χ1) is 9.67. The van der Waals surface area contributed by atoms with Crippen molar-refractivity contribution >= 4 is 27.3 Å². The van der Waals surface area contributed by atoms with Crippen molar-refractivity contribution < 1.29 is 19.0 Å². The van der Waals surface area contributed by atoms with Crippen LogP contribution in [0.5, 0.6) is 0 Å². The Bertz CT molecular complexity index is 599. The van der Waals surface area contributed by atoms with Crippen LogP contribution in [-0.4, -0.2) is 49.3 Å². The molecule has 0 spiro atoms. The molecule has 1 amide bonds. The molecule has 0 aliphatic rings. The second-order valence-corrected chi connectivity index (χ2v) is 5.35. The summed E-state index contributed by atoms with van der Waals surface area (Å²) in [4.78, 5) is 14.3. The van der Waals surface area contributed by atoms with Crippen molar-refractivity contribution in [2.45, 2.75) is 0 Å². The first-order valence-electron chi connectivity index (χ1n) is 6.24. The zero-order valence-corrected chi connectivity index (χ0v) is 12.0. The van der Waals surface area contributed by atoms with Gasteiger partial charge in [0.05, 0.1) is 18.1 Å². The van der Waals surface area contributed by atoms with Gasteiger partial charge in [-0.3, -0.25) is 4.79 Å². The quantitative estimate of drug-likeness (QED) is 0.888. The lowest BCUT2D eigenvalue weighted by molar-refractivity contribution is 0.0661. The molecule has 0 radical (unpaired) electrons. The van der Waals surface area contributed by atoms with Crippen LogP contribution in [0.3, 0.4) is 0 Å². The molecular weight excluding hydrogens is 281 g/mol. The minimum absolute atomic E-state index is 0.116. The number of ether oxygens (including phenoxy) is 1. The molecule has 0 atom stereocenters. The number of thiophene rings is 1. The second kappa shape index (κ2) is 6.78. The van der Waals surface area contributed by atoms with E-state index in [9.17, 15) is 9.18 Å². The molecule has 6 heteroatoms. The van der Waals surface area contributed by atoms with Gasteiger partial charge in [-0.1, -0.05) is 6.07 Å². The van der Waals surface area contributed by atoms with E-state index in [2.05, 4.69) is 0 Å². The number of benzene rings is 1. The topological polar surface area (TPSA) is 49.8 Å². The highest BCUT2D eigenvalue weighted by Gasteiger charge is 2.18. The predicted molar refractivity (Wildman–Crippen MR) is 76.6 cm³/mol. The number of aliphatic hydroxyl groups is 1. The van der Waals surface area contributed by atoms with Gasteiger partial charge >= 0.3 is 0 Å². The normalized spacial score (nSPS) is 10.9. The smallest absolute Gasteiger partial charge is 0.264 e. The molecule has 0 bridgehead atoms. The predicted octanol–water partition coefficient (Wildman–Crippen LogP) is 2.12. The summed E-state index contributed by atoms with van der Waals surface area (Å²) in [6.07, 6.45) is 0. The van der Waals surface area contributed by atoms with Crippen LogP contribution in [0.2, 0.25) is 0 Å². The Hall–Kier alpha value is -1.50. The third-order valence-corrected chi connectivity index (χ3v) is 4.03. The molecule has 0 fully saturated rings. The largest absolute Gasteiger partial charge is 0.395 e. The zero-order chi connectivity index (χ0) is 14.5. The van der Waals surface area contributed by atoms with Gasteiger partial charge in [-0.2, -0.15) is 0 Å². The highest BCUT2D eigenvalue weighted by molar-refractivity contribution is 7.20. The highest BCUT2D eigenvalue weighted by Crippen LogP contribution is 2.28. The van der Waals surface area contributed by atoms with E-state index in [1.54, 1.807) is 25.3 Å². The van der Waals surface area contributed by atoms with Gasteiger partial charge in [-0.25, -0.2) is 4.39 Å². The number of rotatable bonds is 6. The number of fused-ring (bicyclic) bond motifs is 1. The number of aliphatic hydroxyl groups excluding tert-OH is 1. The van der Waals surface area contributed by atoms with Crippen LogP contribution in [0.4, 0.5) is 4.39 Å². The molecule has 1 aromatic carbocycles. The van der Waals surface area contributed by atoms with E-state index < -0.39 is 0 Å². The third-order valence-electron chi connectivity index (χ3n) is 2.94. The van der Waals surface area contributed by atoms with Crippen molar-refractivity contribution in [2.75, 3.05) is 33.4 Å². The Labute approximate surface area is 120 Å². The summed E-state index contributed by atoms with van der Waals surface area (Å²) in [5, 5.41) is 9.48. The Kier molecular flexibility index (Phi) is 5.05. The monoisotopic (exact) mass is 297 g/mol. The average molecular weight is 297 g/mol. The van der Waals surface area contributed by atoms with Crippen LogP contribution < -0.4 is 0 Å². The number of hydrogen-bond acceptors (Lipinski definition) is 4. The number of carbonyl (C=O) groups is 1. The molecule has 2 rings (SSSR count). The van der Waals surface area contributed by atoms with Gasteiger partial charge in [0.2, 0.25) is 0 Å². The lowest BCUT2D eigenvalue weighted by Gasteiger charge is -2.20. The highest BCUT2D eigenvalue weighted by atomic mass is 32.1. The minimum Gasteiger partial charge on any atom is -0.395 e. The zero-order valence-electron chi connectivity index (χ0n) is 11.1. The summed E-state index contributed by atoms with van der Waals surface area (Å²) < 4.78 is 19.3. The summed E-state index contributed by atoms with van der Waals surface area (Å²) >= 11 is 1.25. The number of carbonyl (C=O) groups excluding carboxylic acids is 1. The van der Waals surface area contributed by atoms with E-state index >= 15 is 0 Å². The SMILES string of the molecule is COCCN(CCO)C(=O)c1cc2c(F)cccc2s1. The fourth-order valence-electron chi connectivity index (χ4n) is 1.92. The number of amides is 1. The lowest BCUT2D eigenvalue weighted by Crippen LogP contribution is -2.35. The summed E-state index contributed by atoms with van der Waals surface area (Å²) in [6, 6.07) is 6.35. The minimum atomic E-state index is -0.330. The van der Waals surface area contributed by atoms with Gasteiger partial charge < -0.3 is 14.7 Å². The summed E-state index contributed by atoms with van der Waals surface area (Å²) in [5.41, 5.74) is 0. The molecule has 108 valence electrons. The van der Waals surface area contributed by atoms with Gasteiger partial charge in [-0.15, -0.1) is 11.3 Å². The van der Waals surface area contributed by atoms with E-state index in [1.807, 2.05) is 0 Å². The van der Waals surface area contributed by atoms with Crippen molar-refractivity contribution in [2.24, 2.45) is 0 Å². The summed E-state index contributed by atoms with van der Waals surface area (Å²) in [5.74, 6) is -0.542. The van der Waals surface area contributed by atoms with E-state index in [0.29, 0.717) is 23.4 Å². The third kappa shape index (κ3) is 3.15. The Morgan fingerprint density at radius 3 is 2.90 bits per heavy atom. The van der Waals surface area contributed by atoms with E-state index in [4.69, 9.17) is 9.84 Å². The first-order valence-corrected chi connectivity index (χ1v) is 7.06. The fourth-order valence-corrected chi connectivity index (χ4v) is 2.97. The molecule has 1 N–H and O–H groups in total. The van der Waals surface area contributed by atoms with Gasteiger partial charge in [-0.05, 0) is 18.2 Å². The van der Waals surface area contributed by atoms with E-state index in [0.717, 1.165) is 4.70 Å². The van der Waals surface area contributed by atoms with Crippen LogP contribution in [0.15, 0.2) is 24.3 Å². The van der Waals surface area contributed by atoms with Gasteiger partial charge in [0, 0.05) is 30.3 Å². The molecule has 0 aliphatic carbocycles. The van der Waals surface area contributed by atoms with Crippen LogP contribution in [0.1, 0.15) is 9.67 Å². The molecule has 0 unspecified atom stereocenters. The van der Waals surface area contributed by atoms with E-state index in [1.165, 1.54) is 22.3 Å². The maximum atomic E-state index is 13.6. The lowest BCUT2D eigenvalue weighted by atomic mass is 10.2. The molecule has 1 heterocycles. The van der Waals surface area contributed by atoms with Crippen LogP contribution in [0.25, 0.3) is 10.1 Å². The molecule has 20 heavy (non-hydrogen) atoms. The van der Waals surface area contributed by atoms with Crippen LogP contribution >= 0.6 is 11.3 Å². The Morgan fingerprint density at radius 2 is 2.25 bits per heavy atom. The summed E-state index contributed by atoms with van der Waals surface area (Å²) in [6.45, 7) is 0.908. The Balaban J connectivity index is 2.26. The number of hydrogen-bond donors (Lipinski definition) is 1.